The van der Waals surface area contributed by atoms with Gasteiger partial charge in [-0.2, -0.15) is 0 Å². The Morgan fingerprint density at radius 2 is 1.72 bits per heavy atom. The first-order valence-electron chi connectivity index (χ1n) is 11.5. The topological polar surface area (TPSA) is 39.2 Å². The lowest BCUT2D eigenvalue weighted by Gasteiger charge is -2.27. The van der Waals surface area contributed by atoms with Crippen molar-refractivity contribution in [3.63, 3.8) is 0 Å². The van der Waals surface area contributed by atoms with Gasteiger partial charge < -0.3 is 4.74 Å². The van der Waals surface area contributed by atoms with E-state index in [1.165, 1.54) is 50.5 Å². The van der Waals surface area contributed by atoms with E-state index in [9.17, 15) is 4.79 Å². The number of pyridine rings is 1. The zero-order chi connectivity index (χ0) is 20.5. The summed E-state index contributed by atoms with van der Waals surface area (Å²) in [5.74, 6) is 1.44. The summed E-state index contributed by atoms with van der Waals surface area (Å²) < 4.78 is 5.67. The summed E-state index contributed by atoms with van der Waals surface area (Å²) >= 11 is 0. The molecule has 2 aromatic rings. The Morgan fingerprint density at radius 1 is 0.966 bits per heavy atom. The Morgan fingerprint density at radius 3 is 2.34 bits per heavy atom. The standard InChI is InChI=1S/C26H35NO2/c1-3-5-6-7-8-21-9-12-23(13-10-21)26(28)29-24-16-14-22(15-17-24)25-18-11-20(4-2)19-27-25/h11,14-19,21,23H,3-10,12-13H2,1-2H3/t21-,23-. The molecule has 1 aromatic carbocycles. The number of unbranched alkanes of at least 4 members (excludes halogenated alkanes) is 3. The first-order chi connectivity index (χ1) is 14.2. The fourth-order valence-electron chi connectivity index (χ4n) is 4.24. The van der Waals surface area contributed by atoms with Crippen LogP contribution in [0.5, 0.6) is 5.75 Å². The molecular formula is C26H35NO2. The molecule has 0 amide bonds. The van der Waals surface area contributed by atoms with Crippen LogP contribution >= 0.6 is 0 Å². The van der Waals surface area contributed by atoms with Gasteiger partial charge in [-0.3, -0.25) is 9.78 Å². The van der Waals surface area contributed by atoms with Gasteiger partial charge in [-0.05, 0) is 73.9 Å². The summed E-state index contributed by atoms with van der Waals surface area (Å²) in [5.41, 5.74) is 3.21. The minimum absolute atomic E-state index is 0.0600. The third kappa shape index (κ3) is 6.42. The minimum Gasteiger partial charge on any atom is -0.426 e. The summed E-state index contributed by atoms with van der Waals surface area (Å²) in [6.07, 6.45) is 13.9. The van der Waals surface area contributed by atoms with Crippen LogP contribution in [0.15, 0.2) is 42.6 Å². The monoisotopic (exact) mass is 393 g/mol. The molecule has 3 rings (SSSR count). The number of ether oxygens (including phenoxy) is 1. The zero-order valence-corrected chi connectivity index (χ0v) is 18.0. The predicted molar refractivity (Wildman–Crippen MR) is 119 cm³/mol. The summed E-state index contributed by atoms with van der Waals surface area (Å²) in [6, 6.07) is 11.9. The van der Waals surface area contributed by atoms with Crippen LogP contribution in [0.1, 0.15) is 77.2 Å². The molecule has 1 aliphatic carbocycles. The van der Waals surface area contributed by atoms with Gasteiger partial charge in [-0.1, -0.05) is 52.0 Å². The molecule has 1 saturated carbocycles. The Labute approximate surface area is 175 Å². The molecule has 29 heavy (non-hydrogen) atoms. The fourth-order valence-corrected chi connectivity index (χ4v) is 4.24. The van der Waals surface area contributed by atoms with Crippen LogP contribution < -0.4 is 4.74 Å². The third-order valence-electron chi connectivity index (χ3n) is 6.25. The van der Waals surface area contributed by atoms with Gasteiger partial charge in [0.2, 0.25) is 0 Å². The molecule has 1 aromatic heterocycles. The molecule has 0 atom stereocenters. The highest BCUT2D eigenvalue weighted by atomic mass is 16.5. The summed E-state index contributed by atoms with van der Waals surface area (Å²) in [4.78, 5) is 17.1. The van der Waals surface area contributed by atoms with Crippen molar-refractivity contribution in [3.05, 3.63) is 48.2 Å². The summed E-state index contributed by atoms with van der Waals surface area (Å²) in [5, 5.41) is 0. The van der Waals surface area contributed by atoms with Crippen molar-refractivity contribution in [2.75, 3.05) is 0 Å². The van der Waals surface area contributed by atoms with E-state index in [0.717, 1.165) is 36.4 Å². The van der Waals surface area contributed by atoms with Crippen LogP contribution in [0.2, 0.25) is 0 Å². The van der Waals surface area contributed by atoms with Gasteiger partial charge in [0.05, 0.1) is 11.6 Å². The van der Waals surface area contributed by atoms with Crippen LogP contribution in [0, 0.1) is 11.8 Å². The molecule has 0 unspecified atom stereocenters. The lowest BCUT2D eigenvalue weighted by atomic mass is 9.80. The average molecular weight is 394 g/mol. The van der Waals surface area contributed by atoms with E-state index < -0.39 is 0 Å². The number of esters is 1. The van der Waals surface area contributed by atoms with Gasteiger partial charge in [-0.25, -0.2) is 0 Å². The van der Waals surface area contributed by atoms with Crippen molar-refractivity contribution in [3.8, 4) is 17.0 Å². The van der Waals surface area contributed by atoms with E-state index >= 15 is 0 Å². The lowest BCUT2D eigenvalue weighted by molar-refractivity contribution is -0.140. The average Bonchev–Trinajstić information content (AvgIpc) is 2.78. The highest BCUT2D eigenvalue weighted by Crippen LogP contribution is 2.33. The molecular weight excluding hydrogens is 358 g/mol. The van der Waals surface area contributed by atoms with Crippen LogP contribution in [0.4, 0.5) is 0 Å². The first-order valence-corrected chi connectivity index (χ1v) is 11.5. The SMILES string of the molecule is CCCCCC[C@H]1CC[C@H](C(=O)Oc2ccc(-c3ccc(CC)cn3)cc2)CC1. The van der Waals surface area contributed by atoms with Crippen molar-refractivity contribution in [1.82, 2.24) is 4.98 Å². The second-order valence-corrected chi connectivity index (χ2v) is 8.42. The van der Waals surface area contributed by atoms with Crippen LogP contribution in [0.3, 0.4) is 0 Å². The molecule has 0 bridgehead atoms. The maximum atomic E-state index is 12.6. The van der Waals surface area contributed by atoms with E-state index in [0.29, 0.717) is 5.75 Å². The van der Waals surface area contributed by atoms with Crippen LogP contribution in [-0.4, -0.2) is 11.0 Å². The van der Waals surface area contributed by atoms with E-state index in [4.69, 9.17) is 4.74 Å². The van der Waals surface area contributed by atoms with Crippen LogP contribution in [-0.2, 0) is 11.2 Å². The number of benzene rings is 1. The Balaban J connectivity index is 1.46. The second kappa shape index (κ2) is 11.1. The number of hydrogen-bond donors (Lipinski definition) is 0. The second-order valence-electron chi connectivity index (χ2n) is 8.42. The number of nitrogens with zero attached hydrogens (tertiary/aromatic N) is 1. The van der Waals surface area contributed by atoms with E-state index in [1.54, 1.807) is 0 Å². The quantitative estimate of drug-likeness (QED) is 0.262. The Hall–Kier alpha value is -2.16. The van der Waals surface area contributed by atoms with E-state index in [2.05, 4.69) is 24.9 Å². The fraction of sp³-hybridized carbons (Fsp3) is 0.538. The lowest BCUT2D eigenvalue weighted by Crippen LogP contribution is -2.25. The molecule has 0 saturated heterocycles. The molecule has 1 fully saturated rings. The summed E-state index contributed by atoms with van der Waals surface area (Å²) in [7, 11) is 0. The van der Waals surface area contributed by atoms with Gasteiger partial charge in [0, 0.05) is 11.8 Å². The molecule has 3 heteroatoms. The predicted octanol–water partition coefficient (Wildman–Crippen LogP) is 6.99. The Bertz CT molecular complexity index is 743. The third-order valence-corrected chi connectivity index (χ3v) is 6.25. The van der Waals surface area contributed by atoms with Gasteiger partial charge in [0.25, 0.3) is 0 Å². The van der Waals surface area contributed by atoms with Gasteiger partial charge in [-0.15, -0.1) is 0 Å². The number of hydrogen-bond acceptors (Lipinski definition) is 3. The van der Waals surface area contributed by atoms with Crippen molar-refractivity contribution in [1.29, 1.82) is 0 Å². The largest absolute Gasteiger partial charge is 0.426 e. The first kappa shape index (κ1) is 21.5. The summed E-state index contributed by atoms with van der Waals surface area (Å²) in [6.45, 7) is 4.38. The molecule has 156 valence electrons. The van der Waals surface area contributed by atoms with E-state index in [1.807, 2.05) is 36.5 Å². The van der Waals surface area contributed by atoms with E-state index in [-0.39, 0.29) is 11.9 Å². The van der Waals surface area contributed by atoms with Crippen molar-refractivity contribution in [2.24, 2.45) is 11.8 Å². The smallest absolute Gasteiger partial charge is 0.314 e. The molecule has 0 N–H and O–H groups in total. The van der Waals surface area contributed by atoms with Gasteiger partial charge >= 0.3 is 5.97 Å². The Kier molecular flexibility index (Phi) is 8.27. The van der Waals surface area contributed by atoms with Crippen molar-refractivity contribution < 1.29 is 9.53 Å². The normalized spacial score (nSPS) is 19.1. The van der Waals surface area contributed by atoms with Gasteiger partial charge in [0.15, 0.2) is 0 Å². The number of carbonyl (C=O) groups excluding carboxylic acids is 1. The molecule has 1 aliphatic rings. The molecule has 1 heterocycles. The molecule has 0 spiro atoms. The van der Waals surface area contributed by atoms with Gasteiger partial charge in [0.1, 0.15) is 5.75 Å². The van der Waals surface area contributed by atoms with Crippen LogP contribution in [0.25, 0.3) is 11.3 Å². The molecule has 3 nitrogen and oxygen atoms in total. The number of rotatable bonds is 9. The number of aromatic nitrogens is 1. The highest BCUT2D eigenvalue weighted by Gasteiger charge is 2.27. The zero-order valence-electron chi connectivity index (χ0n) is 18.0. The van der Waals surface area contributed by atoms with Crippen molar-refractivity contribution in [2.45, 2.75) is 78.1 Å². The molecule has 0 aliphatic heterocycles. The number of aryl methyl sites for hydroxylation is 1. The maximum absolute atomic E-state index is 12.6. The molecule has 0 radical (unpaired) electrons. The maximum Gasteiger partial charge on any atom is 0.314 e. The minimum atomic E-state index is -0.0624. The number of carbonyl (C=O) groups is 1. The highest BCUT2D eigenvalue weighted by molar-refractivity contribution is 5.75. The van der Waals surface area contributed by atoms with Crippen molar-refractivity contribution >= 4 is 5.97 Å².